The van der Waals surface area contributed by atoms with Crippen molar-refractivity contribution in [3.63, 3.8) is 0 Å². The summed E-state index contributed by atoms with van der Waals surface area (Å²) in [4.78, 5) is 15.5. The van der Waals surface area contributed by atoms with Crippen LogP contribution in [0.15, 0.2) is 18.2 Å². The number of benzene rings is 1. The number of hydrogen-bond acceptors (Lipinski definition) is 4. The maximum Gasteiger partial charge on any atom is 0.253 e. The maximum atomic E-state index is 11.9. The highest BCUT2D eigenvalue weighted by atomic mass is 16.3. The highest BCUT2D eigenvalue weighted by Gasteiger charge is 2.29. The van der Waals surface area contributed by atoms with E-state index in [-0.39, 0.29) is 5.91 Å². The molecule has 0 aromatic heterocycles. The highest BCUT2D eigenvalue weighted by Crippen LogP contribution is 2.30. The van der Waals surface area contributed by atoms with Gasteiger partial charge in [0.15, 0.2) is 0 Å². The van der Waals surface area contributed by atoms with E-state index in [9.17, 15) is 9.90 Å². The molecule has 1 aliphatic rings. The molecule has 0 aliphatic carbocycles. The van der Waals surface area contributed by atoms with Gasteiger partial charge < -0.3 is 20.6 Å². The third-order valence-corrected chi connectivity index (χ3v) is 3.70. The number of β-amino-alcohol motifs (C(OH)–C–C–N with tert-alkyl or cyclic N) is 1. The molecule has 0 spiro atoms. The van der Waals surface area contributed by atoms with Crippen LogP contribution in [0.1, 0.15) is 30.1 Å². The van der Waals surface area contributed by atoms with Gasteiger partial charge in [-0.05, 0) is 38.0 Å². The van der Waals surface area contributed by atoms with Gasteiger partial charge in [-0.1, -0.05) is 0 Å². The predicted octanol–water partition coefficient (Wildman–Crippen LogP) is 1.32. The molecule has 110 valence electrons. The van der Waals surface area contributed by atoms with Gasteiger partial charge in [0, 0.05) is 32.7 Å². The number of nitrogens with zero attached hydrogens (tertiary/aromatic N) is 2. The molecule has 5 nitrogen and oxygen atoms in total. The normalized spacial score (nSPS) is 22.7. The molecule has 1 heterocycles. The zero-order chi connectivity index (χ0) is 14.9. The number of rotatable bonds is 2. The second-order valence-electron chi connectivity index (χ2n) is 6.00. The Bertz CT molecular complexity index is 512. The van der Waals surface area contributed by atoms with E-state index in [4.69, 9.17) is 5.73 Å². The quantitative estimate of drug-likeness (QED) is 0.800. The van der Waals surface area contributed by atoms with Crippen molar-refractivity contribution in [3.8, 4) is 0 Å². The number of amides is 1. The molecule has 20 heavy (non-hydrogen) atoms. The topological polar surface area (TPSA) is 69.8 Å². The molecule has 1 atom stereocenters. The zero-order valence-corrected chi connectivity index (χ0v) is 12.4. The molecule has 0 radical (unpaired) electrons. The van der Waals surface area contributed by atoms with Gasteiger partial charge in [-0.25, -0.2) is 0 Å². The molecule has 1 unspecified atom stereocenters. The number of aliphatic hydroxyl groups is 1. The van der Waals surface area contributed by atoms with Gasteiger partial charge in [0.1, 0.15) is 0 Å². The number of carbonyl (C=O) groups excluding carboxylic acids is 1. The summed E-state index contributed by atoms with van der Waals surface area (Å²) in [6.45, 7) is 3.29. The van der Waals surface area contributed by atoms with Gasteiger partial charge in [0.2, 0.25) is 0 Å². The summed E-state index contributed by atoms with van der Waals surface area (Å²) in [5.74, 6) is -0.0612. The number of hydrogen-bond donors (Lipinski definition) is 2. The molecule has 1 saturated heterocycles. The van der Waals surface area contributed by atoms with Crippen LogP contribution in [-0.4, -0.2) is 48.7 Å². The van der Waals surface area contributed by atoms with Crippen LogP contribution in [-0.2, 0) is 0 Å². The van der Waals surface area contributed by atoms with Crippen molar-refractivity contribution < 1.29 is 9.90 Å². The molecule has 1 amide bonds. The molecule has 0 bridgehead atoms. The Morgan fingerprint density at radius 3 is 2.70 bits per heavy atom. The molecular weight excluding hydrogens is 254 g/mol. The summed E-state index contributed by atoms with van der Waals surface area (Å²) in [7, 11) is 3.43. The first-order valence-corrected chi connectivity index (χ1v) is 6.89. The van der Waals surface area contributed by atoms with Crippen LogP contribution in [0.2, 0.25) is 0 Å². The third kappa shape index (κ3) is 3.04. The van der Waals surface area contributed by atoms with Crippen molar-refractivity contribution in [2.24, 2.45) is 0 Å². The average Bonchev–Trinajstić information content (AvgIpc) is 2.36. The molecule has 0 saturated carbocycles. The monoisotopic (exact) mass is 277 g/mol. The van der Waals surface area contributed by atoms with Crippen molar-refractivity contribution in [1.82, 2.24) is 4.90 Å². The number of anilines is 2. The van der Waals surface area contributed by atoms with Gasteiger partial charge in [0.05, 0.1) is 17.0 Å². The third-order valence-electron chi connectivity index (χ3n) is 3.70. The van der Waals surface area contributed by atoms with Crippen LogP contribution in [0.25, 0.3) is 0 Å². The highest BCUT2D eigenvalue weighted by molar-refractivity contribution is 5.95. The molecule has 1 fully saturated rings. The summed E-state index contributed by atoms with van der Waals surface area (Å²) < 4.78 is 0. The number of carbonyl (C=O) groups is 1. The fraction of sp³-hybridized carbons (Fsp3) is 0.533. The van der Waals surface area contributed by atoms with Crippen LogP contribution < -0.4 is 10.6 Å². The van der Waals surface area contributed by atoms with E-state index in [2.05, 4.69) is 4.90 Å². The van der Waals surface area contributed by atoms with Crippen LogP contribution in [0.3, 0.4) is 0 Å². The lowest BCUT2D eigenvalue weighted by Crippen LogP contribution is -2.46. The van der Waals surface area contributed by atoms with Gasteiger partial charge in [-0.3, -0.25) is 4.79 Å². The molecule has 2 rings (SSSR count). The number of piperidine rings is 1. The lowest BCUT2D eigenvalue weighted by atomic mass is 9.94. The minimum absolute atomic E-state index is 0.0612. The summed E-state index contributed by atoms with van der Waals surface area (Å²) in [6, 6.07) is 5.37. The summed E-state index contributed by atoms with van der Waals surface area (Å²) in [5.41, 5.74) is 7.46. The fourth-order valence-corrected chi connectivity index (χ4v) is 2.66. The Balaban J connectivity index is 2.24. The van der Waals surface area contributed by atoms with Crippen LogP contribution >= 0.6 is 0 Å². The van der Waals surface area contributed by atoms with Crippen LogP contribution in [0.4, 0.5) is 11.4 Å². The van der Waals surface area contributed by atoms with Crippen molar-refractivity contribution >= 4 is 17.3 Å². The molecular formula is C15H23N3O2. The van der Waals surface area contributed by atoms with Crippen LogP contribution in [0, 0.1) is 0 Å². The van der Waals surface area contributed by atoms with Crippen LogP contribution in [0.5, 0.6) is 0 Å². The van der Waals surface area contributed by atoms with Crippen molar-refractivity contribution in [3.05, 3.63) is 23.8 Å². The lowest BCUT2D eigenvalue weighted by Gasteiger charge is -2.38. The molecule has 5 heteroatoms. The summed E-state index contributed by atoms with van der Waals surface area (Å²) in [6.07, 6.45) is 1.74. The van der Waals surface area contributed by atoms with Crippen molar-refractivity contribution in [2.45, 2.75) is 25.4 Å². The van der Waals surface area contributed by atoms with E-state index in [0.717, 1.165) is 25.1 Å². The summed E-state index contributed by atoms with van der Waals surface area (Å²) in [5, 5.41) is 10.2. The average molecular weight is 277 g/mol. The van der Waals surface area contributed by atoms with E-state index in [1.807, 2.05) is 13.0 Å². The second kappa shape index (κ2) is 5.32. The van der Waals surface area contributed by atoms with Crippen molar-refractivity contribution in [2.75, 3.05) is 37.8 Å². The fourth-order valence-electron chi connectivity index (χ4n) is 2.66. The minimum Gasteiger partial charge on any atom is -0.397 e. The zero-order valence-electron chi connectivity index (χ0n) is 12.4. The van der Waals surface area contributed by atoms with Crippen molar-refractivity contribution in [1.29, 1.82) is 0 Å². The SMILES string of the molecule is CN(C)C(=O)c1ccc(N2CCCC(C)(O)C2)c(N)c1. The standard InChI is InChI=1S/C15H23N3O2/c1-15(20)7-4-8-18(10-15)13-6-5-11(9-12(13)16)14(19)17(2)3/h5-6,9,20H,4,7-8,10,16H2,1-3H3. The van der Waals surface area contributed by atoms with E-state index in [1.54, 1.807) is 26.2 Å². The van der Waals surface area contributed by atoms with Gasteiger partial charge in [-0.2, -0.15) is 0 Å². The first-order valence-electron chi connectivity index (χ1n) is 6.89. The molecule has 3 N–H and O–H groups in total. The van der Waals surface area contributed by atoms with E-state index >= 15 is 0 Å². The largest absolute Gasteiger partial charge is 0.397 e. The lowest BCUT2D eigenvalue weighted by molar-refractivity contribution is 0.0449. The Morgan fingerprint density at radius 1 is 1.45 bits per heavy atom. The molecule has 1 aromatic rings. The van der Waals surface area contributed by atoms with Gasteiger partial charge in [-0.15, -0.1) is 0 Å². The predicted molar refractivity (Wildman–Crippen MR) is 80.9 cm³/mol. The maximum absolute atomic E-state index is 11.9. The Labute approximate surface area is 120 Å². The Hall–Kier alpha value is -1.75. The first-order chi connectivity index (χ1) is 9.30. The second-order valence-corrected chi connectivity index (χ2v) is 6.00. The smallest absolute Gasteiger partial charge is 0.253 e. The van der Waals surface area contributed by atoms with E-state index < -0.39 is 5.60 Å². The Kier molecular flexibility index (Phi) is 3.90. The van der Waals surface area contributed by atoms with Gasteiger partial charge >= 0.3 is 0 Å². The van der Waals surface area contributed by atoms with E-state index in [1.165, 1.54) is 4.90 Å². The Morgan fingerprint density at radius 2 is 2.15 bits per heavy atom. The number of nitrogen functional groups attached to an aromatic ring is 1. The molecule has 1 aromatic carbocycles. The first kappa shape index (κ1) is 14.7. The van der Waals surface area contributed by atoms with Gasteiger partial charge in [0.25, 0.3) is 5.91 Å². The molecule has 1 aliphatic heterocycles. The minimum atomic E-state index is -0.678. The van der Waals surface area contributed by atoms with E-state index in [0.29, 0.717) is 17.8 Å². The number of nitrogens with two attached hydrogens (primary N) is 1. The summed E-state index contributed by atoms with van der Waals surface area (Å²) >= 11 is 0.